The summed E-state index contributed by atoms with van der Waals surface area (Å²) in [6, 6.07) is 26.5. The molecule has 0 spiro atoms. The van der Waals surface area contributed by atoms with Gasteiger partial charge in [0.05, 0.1) is 27.4 Å². The van der Waals surface area contributed by atoms with Crippen LogP contribution < -0.4 is 18.9 Å². The van der Waals surface area contributed by atoms with Crippen LogP contribution in [-0.2, 0) is 13.1 Å². The lowest BCUT2D eigenvalue weighted by Crippen LogP contribution is -2.30. The van der Waals surface area contributed by atoms with Crippen LogP contribution in [-0.4, -0.2) is 37.3 Å². The Hall–Kier alpha value is -3.90. The Labute approximate surface area is 212 Å². The van der Waals surface area contributed by atoms with Crippen molar-refractivity contribution in [2.45, 2.75) is 25.6 Å². The van der Waals surface area contributed by atoms with Gasteiger partial charge in [0.15, 0.2) is 11.5 Å². The third kappa shape index (κ3) is 4.90. The van der Waals surface area contributed by atoms with Gasteiger partial charge in [-0.3, -0.25) is 4.90 Å². The van der Waals surface area contributed by atoms with Crippen LogP contribution in [0.25, 0.3) is 0 Å². The molecule has 6 nitrogen and oxygen atoms in total. The van der Waals surface area contributed by atoms with E-state index in [9.17, 15) is 0 Å². The summed E-state index contributed by atoms with van der Waals surface area (Å²) < 4.78 is 25.5. The first-order valence-electron chi connectivity index (χ1n) is 12.2. The zero-order valence-corrected chi connectivity index (χ0v) is 21.0. The molecule has 1 atom stereocenters. The van der Waals surface area contributed by atoms with Crippen LogP contribution in [0.1, 0.15) is 29.3 Å². The Bertz CT molecular complexity index is 1300. The first kappa shape index (κ1) is 23.8. The van der Waals surface area contributed by atoms with E-state index in [0.29, 0.717) is 11.5 Å². The number of benzene rings is 3. The molecule has 4 aromatic rings. The molecule has 0 amide bonds. The quantitative estimate of drug-likeness (QED) is 0.294. The molecule has 0 saturated carbocycles. The van der Waals surface area contributed by atoms with Crippen LogP contribution in [0.2, 0.25) is 0 Å². The highest BCUT2D eigenvalue weighted by Crippen LogP contribution is 2.43. The highest BCUT2D eigenvalue weighted by atomic mass is 16.5. The number of methoxy groups -OCH3 is 3. The molecule has 0 radical (unpaired) electrons. The van der Waals surface area contributed by atoms with Gasteiger partial charge in [-0.05, 0) is 54.4 Å². The third-order valence-corrected chi connectivity index (χ3v) is 6.65. The number of aryl methyl sites for hydroxylation is 1. The van der Waals surface area contributed by atoms with E-state index in [1.807, 2.05) is 48.5 Å². The van der Waals surface area contributed by atoms with Crippen molar-refractivity contribution in [3.8, 4) is 28.7 Å². The third-order valence-electron chi connectivity index (χ3n) is 6.65. The summed E-state index contributed by atoms with van der Waals surface area (Å²) in [5.41, 5.74) is 3.47. The monoisotopic (exact) mass is 484 g/mol. The lowest BCUT2D eigenvalue weighted by Gasteiger charge is -2.32. The molecule has 1 unspecified atom stereocenters. The molecule has 0 bridgehead atoms. The van der Waals surface area contributed by atoms with Crippen molar-refractivity contribution in [2.24, 2.45) is 0 Å². The Kier molecular flexibility index (Phi) is 7.14. The first-order valence-corrected chi connectivity index (χ1v) is 12.2. The Morgan fingerprint density at radius 3 is 2.25 bits per heavy atom. The minimum Gasteiger partial charge on any atom is -0.496 e. The van der Waals surface area contributed by atoms with E-state index in [0.717, 1.165) is 48.9 Å². The van der Waals surface area contributed by atoms with Gasteiger partial charge in [0, 0.05) is 43.2 Å². The fourth-order valence-corrected chi connectivity index (χ4v) is 5.00. The van der Waals surface area contributed by atoms with E-state index in [1.165, 1.54) is 11.3 Å². The molecule has 1 aliphatic rings. The normalized spacial score (nSPS) is 15.6. The molecule has 0 fully saturated rings. The van der Waals surface area contributed by atoms with E-state index in [1.54, 1.807) is 21.3 Å². The minimum absolute atomic E-state index is 0.0176. The van der Waals surface area contributed by atoms with E-state index in [4.69, 9.17) is 18.9 Å². The van der Waals surface area contributed by atoms with Gasteiger partial charge in [-0.15, -0.1) is 0 Å². The number of hydrogen-bond donors (Lipinski definition) is 0. The Morgan fingerprint density at radius 1 is 0.722 bits per heavy atom. The maximum atomic E-state index is 6.11. The number of rotatable bonds is 8. The van der Waals surface area contributed by atoms with Crippen molar-refractivity contribution in [3.05, 3.63) is 102 Å². The molecule has 6 heteroatoms. The van der Waals surface area contributed by atoms with Crippen LogP contribution in [0.15, 0.2) is 85.1 Å². The second-order valence-electron chi connectivity index (χ2n) is 8.86. The van der Waals surface area contributed by atoms with E-state index in [2.05, 4.69) is 46.0 Å². The van der Waals surface area contributed by atoms with E-state index < -0.39 is 0 Å². The molecule has 1 aliphatic heterocycles. The van der Waals surface area contributed by atoms with Crippen molar-refractivity contribution in [1.82, 2.24) is 9.47 Å². The summed E-state index contributed by atoms with van der Waals surface area (Å²) >= 11 is 0. The average Bonchev–Trinajstić information content (AvgIpc) is 3.30. The Morgan fingerprint density at radius 2 is 1.47 bits per heavy atom. The zero-order chi connectivity index (χ0) is 24.9. The standard InChI is InChI=1S/C30H32N2O4/c1-33-27-20-29(35-3)28(34-2)19-25(27)30-26-14-8-15-31(26)16-9-17-32(30)21-22-10-7-13-24(18-22)36-23-11-5-4-6-12-23/h4-8,10-15,18-20,30H,9,16-17,21H2,1-3H3. The largest absolute Gasteiger partial charge is 0.496 e. The Balaban J connectivity index is 1.52. The predicted octanol–water partition coefficient (Wildman–Crippen LogP) is 6.30. The van der Waals surface area contributed by atoms with Gasteiger partial charge < -0.3 is 23.5 Å². The second kappa shape index (κ2) is 10.8. The van der Waals surface area contributed by atoms with Gasteiger partial charge in [-0.1, -0.05) is 30.3 Å². The summed E-state index contributed by atoms with van der Waals surface area (Å²) in [4.78, 5) is 2.50. The van der Waals surface area contributed by atoms with Gasteiger partial charge >= 0.3 is 0 Å². The molecule has 0 aliphatic carbocycles. The topological polar surface area (TPSA) is 45.1 Å². The molecule has 0 saturated heterocycles. The van der Waals surface area contributed by atoms with E-state index in [-0.39, 0.29) is 6.04 Å². The minimum atomic E-state index is -0.0176. The molecule has 1 aromatic heterocycles. The van der Waals surface area contributed by atoms with Crippen molar-refractivity contribution in [3.63, 3.8) is 0 Å². The molecule has 3 aromatic carbocycles. The molecule has 5 rings (SSSR count). The van der Waals surface area contributed by atoms with Crippen LogP contribution in [0, 0.1) is 0 Å². The van der Waals surface area contributed by atoms with Crippen LogP contribution >= 0.6 is 0 Å². The molecular formula is C30H32N2O4. The summed E-state index contributed by atoms with van der Waals surface area (Å²) in [6.07, 6.45) is 3.21. The molecule has 0 N–H and O–H groups in total. The first-order chi connectivity index (χ1) is 17.7. The zero-order valence-electron chi connectivity index (χ0n) is 21.0. The van der Waals surface area contributed by atoms with Gasteiger partial charge in [0.1, 0.15) is 17.2 Å². The maximum Gasteiger partial charge on any atom is 0.164 e. The van der Waals surface area contributed by atoms with Gasteiger partial charge in [0.2, 0.25) is 0 Å². The van der Waals surface area contributed by atoms with Crippen LogP contribution in [0.4, 0.5) is 0 Å². The fraction of sp³-hybridized carbons (Fsp3) is 0.267. The number of nitrogens with zero attached hydrogens (tertiary/aromatic N) is 2. The van der Waals surface area contributed by atoms with E-state index >= 15 is 0 Å². The number of ether oxygens (including phenoxy) is 4. The summed E-state index contributed by atoms with van der Waals surface area (Å²) in [6.45, 7) is 2.68. The van der Waals surface area contributed by atoms with Crippen LogP contribution in [0.3, 0.4) is 0 Å². The van der Waals surface area contributed by atoms with Crippen molar-refractivity contribution >= 4 is 0 Å². The average molecular weight is 485 g/mol. The van der Waals surface area contributed by atoms with Gasteiger partial charge in [0.25, 0.3) is 0 Å². The summed E-state index contributed by atoms with van der Waals surface area (Å²) in [7, 11) is 5.01. The second-order valence-corrected chi connectivity index (χ2v) is 8.86. The van der Waals surface area contributed by atoms with Crippen molar-refractivity contribution < 1.29 is 18.9 Å². The number of para-hydroxylation sites is 1. The lowest BCUT2D eigenvalue weighted by molar-refractivity contribution is 0.215. The number of aromatic nitrogens is 1. The summed E-state index contributed by atoms with van der Waals surface area (Å²) in [5.74, 6) is 3.78. The van der Waals surface area contributed by atoms with Crippen LogP contribution in [0.5, 0.6) is 28.7 Å². The highest BCUT2D eigenvalue weighted by molar-refractivity contribution is 5.53. The molecule has 186 valence electrons. The van der Waals surface area contributed by atoms with Crippen molar-refractivity contribution in [2.75, 3.05) is 27.9 Å². The molecule has 2 heterocycles. The highest BCUT2D eigenvalue weighted by Gasteiger charge is 2.31. The van der Waals surface area contributed by atoms with Gasteiger partial charge in [-0.2, -0.15) is 0 Å². The smallest absolute Gasteiger partial charge is 0.164 e. The molecular weight excluding hydrogens is 452 g/mol. The number of hydrogen-bond acceptors (Lipinski definition) is 5. The fourth-order valence-electron chi connectivity index (χ4n) is 5.00. The SMILES string of the molecule is COc1cc(OC)c(C2c3cccn3CCCN2Cc2cccc(Oc3ccccc3)c2)cc1OC. The van der Waals surface area contributed by atoms with Gasteiger partial charge in [-0.25, -0.2) is 0 Å². The predicted molar refractivity (Wildman–Crippen MR) is 140 cm³/mol. The molecule has 36 heavy (non-hydrogen) atoms. The summed E-state index contributed by atoms with van der Waals surface area (Å²) in [5, 5.41) is 0. The number of fused-ring (bicyclic) bond motifs is 1. The van der Waals surface area contributed by atoms with Crippen molar-refractivity contribution in [1.29, 1.82) is 0 Å². The maximum absolute atomic E-state index is 6.11. The lowest BCUT2D eigenvalue weighted by atomic mass is 9.99.